The van der Waals surface area contributed by atoms with E-state index < -0.39 is 11.5 Å². The molecule has 3 N–H and O–H groups in total. The Balaban J connectivity index is 1.93. The van der Waals surface area contributed by atoms with Gasteiger partial charge in [-0.15, -0.1) is 0 Å². The molecule has 0 bridgehead atoms. The second-order valence-corrected chi connectivity index (χ2v) is 12.2. The standard InChI is InChI=1S/C30H44N2O6S/c1-29(2,3)24-11-8-21(9-12-24)16-23(19-37-27(33)30(4,5)6)18-32-28(34)38-39-20-22-10-13-25(36-15-14-31)26(17-22)35-7/h8-13,17,23H,14-16,18-20,31H2,1-7H3,(H,32,34). The first-order chi connectivity index (χ1) is 18.3. The molecule has 0 aliphatic heterocycles. The van der Waals surface area contributed by atoms with E-state index in [0.29, 0.717) is 43.4 Å². The molecule has 39 heavy (non-hydrogen) atoms. The zero-order valence-electron chi connectivity index (χ0n) is 24.3. The molecule has 0 aromatic heterocycles. The van der Waals surface area contributed by atoms with Crippen LogP contribution in [0.3, 0.4) is 0 Å². The first-order valence-corrected chi connectivity index (χ1v) is 14.1. The molecule has 1 amide bonds. The van der Waals surface area contributed by atoms with Crippen LogP contribution < -0.4 is 20.5 Å². The van der Waals surface area contributed by atoms with Crippen molar-refractivity contribution in [3.05, 3.63) is 59.2 Å². The summed E-state index contributed by atoms with van der Waals surface area (Å²) in [6.45, 7) is 13.3. The molecule has 0 heterocycles. The Morgan fingerprint density at radius 3 is 2.23 bits per heavy atom. The van der Waals surface area contributed by atoms with Gasteiger partial charge >= 0.3 is 12.1 Å². The van der Waals surface area contributed by atoms with Gasteiger partial charge in [-0.25, -0.2) is 4.79 Å². The average molecular weight is 561 g/mol. The van der Waals surface area contributed by atoms with Gasteiger partial charge in [0.05, 0.1) is 36.9 Å². The van der Waals surface area contributed by atoms with Gasteiger partial charge in [-0.05, 0) is 61.4 Å². The van der Waals surface area contributed by atoms with E-state index in [1.807, 2.05) is 39.0 Å². The van der Waals surface area contributed by atoms with Crippen LogP contribution in [-0.2, 0) is 31.3 Å². The molecule has 0 saturated carbocycles. The molecular weight excluding hydrogens is 516 g/mol. The van der Waals surface area contributed by atoms with E-state index in [-0.39, 0.29) is 23.9 Å². The molecule has 0 radical (unpaired) electrons. The number of carbonyl (C=O) groups is 2. The van der Waals surface area contributed by atoms with E-state index in [1.165, 1.54) is 5.56 Å². The topological polar surface area (TPSA) is 109 Å². The van der Waals surface area contributed by atoms with Gasteiger partial charge < -0.3 is 29.4 Å². The molecule has 2 aromatic carbocycles. The summed E-state index contributed by atoms with van der Waals surface area (Å²) in [7, 11) is 1.57. The molecule has 2 rings (SSSR count). The fourth-order valence-electron chi connectivity index (χ4n) is 3.57. The highest BCUT2D eigenvalue weighted by molar-refractivity contribution is 7.94. The third-order valence-corrected chi connectivity index (χ3v) is 6.63. The molecule has 0 aliphatic carbocycles. The first kappa shape index (κ1) is 32.3. The van der Waals surface area contributed by atoms with Crippen LogP contribution >= 0.6 is 12.0 Å². The molecule has 9 heteroatoms. The van der Waals surface area contributed by atoms with Crippen molar-refractivity contribution in [3.63, 3.8) is 0 Å². The summed E-state index contributed by atoms with van der Waals surface area (Å²) in [5.74, 6) is 1.26. The van der Waals surface area contributed by atoms with Crippen LogP contribution in [0.5, 0.6) is 11.5 Å². The fraction of sp³-hybridized carbons (Fsp3) is 0.533. The van der Waals surface area contributed by atoms with Gasteiger partial charge in [-0.3, -0.25) is 4.79 Å². The third-order valence-electron chi connectivity index (χ3n) is 5.91. The maximum atomic E-state index is 12.4. The number of nitrogens with two attached hydrogens (primary N) is 1. The maximum Gasteiger partial charge on any atom is 0.419 e. The summed E-state index contributed by atoms with van der Waals surface area (Å²) in [5.41, 5.74) is 8.23. The normalized spacial score (nSPS) is 12.4. The van der Waals surface area contributed by atoms with Crippen LogP contribution in [0, 0.1) is 11.3 Å². The lowest BCUT2D eigenvalue weighted by atomic mass is 9.86. The number of amides is 1. The van der Waals surface area contributed by atoms with E-state index in [0.717, 1.165) is 23.2 Å². The molecule has 2 aromatic rings. The Kier molecular flexibility index (Phi) is 12.4. The van der Waals surface area contributed by atoms with Gasteiger partial charge in [0.2, 0.25) is 0 Å². The molecule has 1 atom stereocenters. The number of carbonyl (C=O) groups excluding carboxylic acids is 2. The number of nitrogens with one attached hydrogen (secondary N) is 1. The summed E-state index contributed by atoms with van der Waals surface area (Å²) < 4.78 is 21.8. The maximum absolute atomic E-state index is 12.4. The predicted octanol–water partition coefficient (Wildman–Crippen LogP) is 5.65. The minimum Gasteiger partial charge on any atom is -0.493 e. The molecule has 0 spiro atoms. The zero-order valence-corrected chi connectivity index (χ0v) is 25.1. The number of benzene rings is 2. The van der Waals surface area contributed by atoms with Crippen molar-refractivity contribution in [3.8, 4) is 11.5 Å². The number of rotatable bonds is 13. The Hall–Kier alpha value is -2.91. The summed E-state index contributed by atoms with van der Waals surface area (Å²) in [5, 5.41) is 2.81. The molecule has 216 valence electrons. The van der Waals surface area contributed by atoms with Gasteiger partial charge in [0, 0.05) is 19.0 Å². The fourth-order valence-corrected chi connectivity index (χ4v) is 4.11. The van der Waals surface area contributed by atoms with Gasteiger partial charge in [0.25, 0.3) is 0 Å². The number of methoxy groups -OCH3 is 1. The first-order valence-electron chi connectivity index (χ1n) is 13.2. The van der Waals surface area contributed by atoms with Crippen LogP contribution in [0.2, 0.25) is 0 Å². The Morgan fingerprint density at radius 1 is 0.974 bits per heavy atom. The van der Waals surface area contributed by atoms with Gasteiger partial charge in [-0.2, -0.15) is 0 Å². The van der Waals surface area contributed by atoms with Crippen molar-refractivity contribution >= 4 is 24.1 Å². The molecule has 0 aliphatic rings. The highest BCUT2D eigenvalue weighted by Crippen LogP contribution is 2.29. The number of esters is 1. The van der Waals surface area contributed by atoms with E-state index in [4.69, 9.17) is 24.1 Å². The minimum absolute atomic E-state index is 0.0641. The van der Waals surface area contributed by atoms with Crippen LogP contribution in [0.1, 0.15) is 58.2 Å². The summed E-state index contributed by atoms with van der Waals surface area (Å²) in [6, 6.07) is 14.0. The molecule has 0 saturated heterocycles. The highest BCUT2D eigenvalue weighted by Gasteiger charge is 2.25. The summed E-state index contributed by atoms with van der Waals surface area (Å²) in [6.07, 6.45) is 0.0956. The SMILES string of the molecule is COc1cc(CSOC(=O)NCC(COC(=O)C(C)(C)C)Cc2ccc(C(C)(C)C)cc2)ccc1OCCN. The minimum atomic E-state index is -0.598. The number of ether oxygens (including phenoxy) is 3. The van der Waals surface area contributed by atoms with Crippen molar-refractivity contribution in [1.29, 1.82) is 0 Å². The van der Waals surface area contributed by atoms with Crippen molar-refractivity contribution in [2.75, 3.05) is 33.4 Å². The molecule has 0 fully saturated rings. The van der Waals surface area contributed by atoms with E-state index >= 15 is 0 Å². The summed E-state index contributed by atoms with van der Waals surface area (Å²) in [4.78, 5) is 24.8. The molecular formula is C30H44N2O6S. The monoisotopic (exact) mass is 560 g/mol. The van der Waals surface area contributed by atoms with Crippen LogP contribution in [0.15, 0.2) is 42.5 Å². The van der Waals surface area contributed by atoms with Crippen molar-refractivity contribution < 1.29 is 28.0 Å². The van der Waals surface area contributed by atoms with Gasteiger partial charge in [-0.1, -0.05) is 51.1 Å². The quantitative estimate of drug-likeness (QED) is 0.239. The van der Waals surface area contributed by atoms with Gasteiger partial charge in [0.15, 0.2) is 11.5 Å². The second kappa shape index (κ2) is 15.0. The summed E-state index contributed by atoms with van der Waals surface area (Å²) >= 11 is 1.02. The predicted molar refractivity (Wildman–Crippen MR) is 156 cm³/mol. The van der Waals surface area contributed by atoms with Crippen LogP contribution in [0.25, 0.3) is 0 Å². The zero-order chi connectivity index (χ0) is 29.1. The second-order valence-electron chi connectivity index (χ2n) is 11.5. The lowest BCUT2D eigenvalue weighted by molar-refractivity contribution is -0.154. The molecule has 1 unspecified atom stereocenters. The highest BCUT2D eigenvalue weighted by atomic mass is 32.2. The van der Waals surface area contributed by atoms with Crippen molar-refractivity contribution in [1.82, 2.24) is 5.32 Å². The van der Waals surface area contributed by atoms with E-state index in [2.05, 4.69) is 50.4 Å². The Labute approximate surface area is 237 Å². The third kappa shape index (κ3) is 11.4. The number of hydrogen-bond donors (Lipinski definition) is 2. The lowest BCUT2D eigenvalue weighted by Crippen LogP contribution is -2.34. The van der Waals surface area contributed by atoms with E-state index in [1.54, 1.807) is 7.11 Å². The smallest absolute Gasteiger partial charge is 0.419 e. The van der Waals surface area contributed by atoms with E-state index in [9.17, 15) is 9.59 Å². The molecule has 8 nitrogen and oxygen atoms in total. The average Bonchev–Trinajstić information content (AvgIpc) is 2.88. The van der Waals surface area contributed by atoms with Crippen LogP contribution in [-0.4, -0.2) is 45.5 Å². The number of hydrogen-bond acceptors (Lipinski definition) is 8. The lowest BCUT2D eigenvalue weighted by Gasteiger charge is -2.22. The Bertz CT molecular complexity index is 1060. The van der Waals surface area contributed by atoms with Crippen molar-refractivity contribution in [2.24, 2.45) is 17.1 Å². The Morgan fingerprint density at radius 2 is 1.64 bits per heavy atom. The van der Waals surface area contributed by atoms with Crippen LogP contribution in [0.4, 0.5) is 4.79 Å². The van der Waals surface area contributed by atoms with Gasteiger partial charge in [0.1, 0.15) is 6.61 Å². The largest absolute Gasteiger partial charge is 0.493 e. The van der Waals surface area contributed by atoms with Crippen molar-refractivity contribution in [2.45, 2.75) is 59.1 Å².